The van der Waals surface area contributed by atoms with Crippen LogP contribution in [0.25, 0.3) is 0 Å². The minimum atomic E-state index is 0.180. The molecule has 0 fully saturated rings. The fourth-order valence-electron chi connectivity index (χ4n) is 1.55. The van der Waals surface area contributed by atoms with Crippen molar-refractivity contribution in [2.75, 3.05) is 0 Å². The van der Waals surface area contributed by atoms with E-state index >= 15 is 0 Å². The maximum Gasteiger partial charge on any atom is 0.166 e. The van der Waals surface area contributed by atoms with Crippen molar-refractivity contribution in [1.82, 2.24) is 10.6 Å². The largest absolute Gasteiger partial charge is 0.361 e. The summed E-state index contributed by atoms with van der Waals surface area (Å²) in [6.45, 7) is 10.8. The highest BCUT2D eigenvalue weighted by Crippen LogP contribution is 2.18. The van der Waals surface area contributed by atoms with Gasteiger partial charge in [0.25, 0.3) is 0 Å². The summed E-state index contributed by atoms with van der Waals surface area (Å²) in [5.74, 6) is 0. The van der Waals surface area contributed by atoms with Crippen molar-refractivity contribution in [2.24, 2.45) is 0 Å². The van der Waals surface area contributed by atoms with Crippen LogP contribution in [0.15, 0.2) is 0 Å². The predicted molar refractivity (Wildman–Crippen MR) is 67.6 cm³/mol. The van der Waals surface area contributed by atoms with Crippen LogP contribution in [0, 0.1) is 0 Å². The third-order valence-corrected chi connectivity index (χ3v) is 3.05. The third-order valence-electron chi connectivity index (χ3n) is 2.83. The zero-order valence-corrected chi connectivity index (χ0v) is 10.9. The Morgan fingerprint density at radius 2 is 1.57 bits per heavy atom. The van der Waals surface area contributed by atoms with Gasteiger partial charge in [-0.05, 0) is 45.3 Å². The van der Waals surface area contributed by atoms with Crippen molar-refractivity contribution >= 4 is 17.3 Å². The van der Waals surface area contributed by atoms with Gasteiger partial charge in [0, 0.05) is 11.6 Å². The first-order valence-corrected chi connectivity index (χ1v) is 5.99. The minimum Gasteiger partial charge on any atom is -0.361 e. The predicted octanol–water partition coefficient (Wildman–Crippen LogP) is 2.83. The zero-order valence-electron chi connectivity index (χ0n) is 10.1. The molecule has 14 heavy (non-hydrogen) atoms. The van der Waals surface area contributed by atoms with Gasteiger partial charge in [0.05, 0.1) is 0 Å². The number of hydrogen-bond donors (Lipinski definition) is 2. The Kier molecular flexibility index (Phi) is 6.09. The first-order valence-electron chi connectivity index (χ1n) is 5.58. The van der Waals surface area contributed by atoms with E-state index < -0.39 is 0 Å². The average molecular weight is 216 g/mol. The van der Waals surface area contributed by atoms with Crippen LogP contribution >= 0.6 is 12.2 Å². The Balaban J connectivity index is 4.22. The molecule has 0 radical (unpaired) electrons. The summed E-state index contributed by atoms with van der Waals surface area (Å²) < 4.78 is 0. The second-order valence-corrected chi connectivity index (χ2v) is 4.50. The smallest absolute Gasteiger partial charge is 0.166 e. The van der Waals surface area contributed by atoms with Crippen molar-refractivity contribution < 1.29 is 0 Å². The summed E-state index contributed by atoms with van der Waals surface area (Å²) in [7, 11) is 0. The number of rotatable bonds is 5. The molecule has 0 aromatic rings. The average Bonchev–Trinajstić information content (AvgIpc) is 2.13. The van der Waals surface area contributed by atoms with Crippen LogP contribution in [0.5, 0.6) is 0 Å². The van der Waals surface area contributed by atoms with Gasteiger partial charge >= 0.3 is 0 Å². The van der Waals surface area contributed by atoms with Crippen molar-refractivity contribution in [2.45, 2.75) is 65.5 Å². The summed E-state index contributed by atoms with van der Waals surface area (Å²) in [6.07, 6.45) is 3.33. The van der Waals surface area contributed by atoms with Gasteiger partial charge in [-0.25, -0.2) is 0 Å². The summed E-state index contributed by atoms with van der Waals surface area (Å²) >= 11 is 5.26. The molecule has 0 unspecified atom stereocenters. The summed E-state index contributed by atoms with van der Waals surface area (Å²) in [6, 6.07) is 0.401. The molecule has 0 spiro atoms. The van der Waals surface area contributed by atoms with Crippen molar-refractivity contribution in [3.63, 3.8) is 0 Å². The van der Waals surface area contributed by atoms with Gasteiger partial charge in [-0.15, -0.1) is 0 Å². The topological polar surface area (TPSA) is 24.1 Å². The molecule has 0 amide bonds. The van der Waals surface area contributed by atoms with E-state index in [2.05, 4.69) is 45.3 Å². The highest BCUT2D eigenvalue weighted by molar-refractivity contribution is 7.80. The standard InChI is InChI=1S/C11H24N2S/c1-6-11(7-2,8-3)13-10(14)12-9(4)5/h9H,6-8H2,1-5H3,(H2,12,13,14). The Morgan fingerprint density at radius 1 is 1.14 bits per heavy atom. The maximum absolute atomic E-state index is 5.26. The Labute approximate surface area is 93.8 Å². The van der Waals surface area contributed by atoms with E-state index in [1.165, 1.54) is 0 Å². The van der Waals surface area contributed by atoms with E-state index in [0.29, 0.717) is 6.04 Å². The zero-order chi connectivity index (χ0) is 11.2. The fourth-order valence-corrected chi connectivity index (χ4v) is 2.01. The van der Waals surface area contributed by atoms with Gasteiger partial charge in [0.15, 0.2) is 5.11 Å². The van der Waals surface area contributed by atoms with E-state index in [9.17, 15) is 0 Å². The number of nitrogens with one attached hydrogen (secondary N) is 2. The molecule has 2 N–H and O–H groups in total. The van der Waals surface area contributed by atoms with E-state index in [-0.39, 0.29) is 5.54 Å². The highest BCUT2D eigenvalue weighted by Gasteiger charge is 2.24. The Hall–Kier alpha value is -0.310. The molecule has 0 aromatic carbocycles. The monoisotopic (exact) mass is 216 g/mol. The first kappa shape index (κ1) is 13.7. The normalized spacial score (nSPS) is 11.6. The van der Waals surface area contributed by atoms with Crippen LogP contribution < -0.4 is 10.6 Å². The molecule has 0 saturated carbocycles. The van der Waals surface area contributed by atoms with E-state index in [4.69, 9.17) is 12.2 Å². The van der Waals surface area contributed by atoms with Crippen LogP contribution in [-0.2, 0) is 0 Å². The van der Waals surface area contributed by atoms with Gasteiger partial charge < -0.3 is 10.6 Å². The first-order chi connectivity index (χ1) is 6.49. The molecule has 0 heterocycles. The molecule has 0 rings (SSSR count). The molecule has 2 nitrogen and oxygen atoms in total. The Morgan fingerprint density at radius 3 is 1.86 bits per heavy atom. The van der Waals surface area contributed by atoms with Crippen LogP contribution in [0.3, 0.4) is 0 Å². The van der Waals surface area contributed by atoms with E-state index in [1.807, 2.05) is 0 Å². The minimum absolute atomic E-state index is 0.180. The molecule has 0 saturated heterocycles. The molecular formula is C11H24N2S. The highest BCUT2D eigenvalue weighted by atomic mass is 32.1. The van der Waals surface area contributed by atoms with E-state index in [1.54, 1.807) is 0 Å². The lowest BCUT2D eigenvalue weighted by Crippen LogP contribution is -2.52. The molecule has 84 valence electrons. The quantitative estimate of drug-likeness (QED) is 0.691. The lowest BCUT2D eigenvalue weighted by Gasteiger charge is -2.33. The molecule has 0 bridgehead atoms. The fraction of sp³-hybridized carbons (Fsp3) is 0.909. The summed E-state index contributed by atoms with van der Waals surface area (Å²) in [5.41, 5.74) is 0.180. The SMILES string of the molecule is CCC(CC)(CC)NC(=S)NC(C)C. The molecule has 3 heteroatoms. The van der Waals surface area contributed by atoms with Crippen molar-refractivity contribution in [3.05, 3.63) is 0 Å². The second-order valence-electron chi connectivity index (χ2n) is 4.09. The number of thiocarbonyl (C=S) groups is 1. The van der Waals surface area contributed by atoms with Crippen LogP contribution in [0.1, 0.15) is 53.9 Å². The van der Waals surface area contributed by atoms with Crippen molar-refractivity contribution in [1.29, 1.82) is 0 Å². The molecular weight excluding hydrogens is 192 g/mol. The van der Waals surface area contributed by atoms with Gasteiger partial charge in [-0.3, -0.25) is 0 Å². The molecule has 0 aromatic heterocycles. The Bertz CT molecular complexity index is 166. The number of hydrogen-bond acceptors (Lipinski definition) is 1. The van der Waals surface area contributed by atoms with Crippen LogP contribution in [-0.4, -0.2) is 16.7 Å². The molecule has 0 aliphatic rings. The van der Waals surface area contributed by atoms with Gasteiger partial charge in [0.2, 0.25) is 0 Å². The summed E-state index contributed by atoms with van der Waals surface area (Å²) in [4.78, 5) is 0. The maximum atomic E-state index is 5.26. The lowest BCUT2D eigenvalue weighted by atomic mass is 9.90. The second kappa shape index (κ2) is 6.23. The van der Waals surface area contributed by atoms with Crippen molar-refractivity contribution in [3.8, 4) is 0 Å². The van der Waals surface area contributed by atoms with Crippen LogP contribution in [0.2, 0.25) is 0 Å². The summed E-state index contributed by atoms with van der Waals surface area (Å²) in [5, 5.41) is 7.44. The van der Waals surface area contributed by atoms with Gasteiger partial charge in [0.1, 0.15) is 0 Å². The lowest BCUT2D eigenvalue weighted by molar-refractivity contribution is 0.337. The molecule has 0 aliphatic heterocycles. The van der Waals surface area contributed by atoms with Gasteiger partial charge in [-0.2, -0.15) is 0 Å². The third kappa shape index (κ3) is 4.27. The van der Waals surface area contributed by atoms with Crippen LogP contribution in [0.4, 0.5) is 0 Å². The van der Waals surface area contributed by atoms with Gasteiger partial charge in [-0.1, -0.05) is 20.8 Å². The van der Waals surface area contributed by atoms with E-state index in [0.717, 1.165) is 24.4 Å². The molecule has 0 atom stereocenters. The molecule has 0 aliphatic carbocycles.